The Labute approximate surface area is 125 Å². The second-order valence-electron chi connectivity index (χ2n) is 5.26. The summed E-state index contributed by atoms with van der Waals surface area (Å²) in [5, 5.41) is 19.8. The van der Waals surface area contributed by atoms with Gasteiger partial charge in [0.2, 0.25) is 0 Å². The molecule has 1 aliphatic rings. The average molecular weight is 299 g/mol. The highest BCUT2D eigenvalue weighted by Crippen LogP contribution is 2.19. The van der Waals surface area contributed by atoms with Crippen molar-refractivity contribution in [3.8, 4) is 0 Å². The highest BCUT2D eigenvalue weighted by atomic mass is 35.5. The van der Waals surface area contributed by atoms with Gasteiger partial charge in [0.1, 0.15) is 0 Å². The zero-order valence-corrected chi connectivity index (χ0v) is 12.5. The standard InChI is InChI=1S/C15H23ClN2O2/c16-14-3-1-13(2-4-14)15(20)5-6-17-7-9-18(10-8-17)11-12-19/h1-4,15,19-20H,5-12H2. The lowest BCUT2D eigenvalue weighted by Crippen LogP contribution is -2.47. The van der Waals surface area contributed by atoms with Gasteiger partial charge in [-0.25, -0.2) is 0 Å². The number of β-amino-alcohol motifs (C(OH)–C–C–N with tert-alkyl or cyclic N) is 1. The van der Waals surface area contributed by atoms with E-state index in [1.807, 2.05) is 24.3 Å². The Balaban J connectivity index is 1.71. The van der Waals surface area contributed by atoms with Crippen molar-refractivity contribution in [1.82, 2.24) is 9.80 Å². The molecule has 2 N–H and O–H groups in total. The van der Waals surface area contributed by atoms with Gasteiger partial charge >= 0.3 is 0 Å². The Morgan fingerprint density at radius 2 is 1.55 bits per heavy atom. The van der Waals surface area contributed by atoms with Gasteiger partial charge in [-0.1, -0.05) is 23.7 Å². The van der Waals surface area contributed by atoms with E-state index in [-0.39, 0.29) is 6.61 Å². The summed E-state index contributed by atoms with van der Waals surface area (Å²) >= 11 is 5.84. The number of hydrogen-bond acceptors (Lipinski definition) is 4. The molecule has 0 bridgehead atoms. The van der Waals surface area contributed by atoms with E-state index in [2.05, 4.69) is 9.80 Å². The van der Waals surface area contributed by atoms with E-state index in [1.165, 1.54) is 0 Å². The maximum Gasteiger partial charge on any atom is 0.0802 e. The molecule has 20 heavy (non-hydrogen) atoms. The van der Waals surface area contributed by atoms with Crippen molar-refractivity contribution >= 4 is 11.6 Å². The Bertz CT molecular complexity index is 391. The van der Waals surface area contributed by atoms with Gasteiger partial charge < -0.3 is 15.1 Å². The van der Waals surface area contributed by atoms with Crippen LogP contribution in [0, 0.1) is 0 Å². The first kappa shape index (κ1) is 15.7. The monoisotopic (exact) mass is 298 g/mol. The van der Waals surface area contributed by atoms with E-state index >= 15 is 0 Å². The summed E-state index contributed by atoms with van der Waals surface area (Å²) in [6.45, 7) is 5.91. The van der Waals surface area contributed by atoms with Crippen molar-refractivity contribution < 1.29 is 10.2 Å². The summed E-state index contributed by atoms with van der Waals surface area (Å²) in [5.41, 5.74) is 0.924. The quantitative estimate of drug-likeness (QED) is 0.833. The average Bonchev–Trinajstić information content (AvgIpc) is 2.47. The van der Waals surface area contributed by atoms with Crippen molar-refractivity contribution in [2.75, 3.05) is 45.9 Å². The molecule has 1 aliphatic heterocycles. The van der Waals surface area contributed by atoms with Crippen molar-refractivity contribution in [1.29, 1.82) is 0 Å². The second kappa shape index (κ2) is 7.96. The van der Waals surface area contributed by atoms with Gasteiger partial charge in [-0.2, -0.15) is 0 Å². The zero-order valence-electron chi connectivity index (χ0n) is 11.7. The van der Waals surface area contributed by atoms with E-state index in [9.17, 15) is 5.11 Å². The van der Waals surface area contributed by atoms with Crippen LogP contribution in [0.15, 0.2) is 24.3 Å². The van der Waals surface area contributed by atoms with E-state index in [4.69, 9.17) is 16.7 Å². The number of nitrogens with zero attached hydrogens (tertiary/aromatic N) is 2. The minimum Gasteiger partial charge on any atom is -0.395 e. The molecule has 1 aromatic carbocycles. The van der Waals surface area contributed by atoms with Crippen molar-refractivity contribution in [2.24, 2.45) is 0 Å². The van der Waals surface area contributed by atoms with Gasteiger partial charge in [0.15, 0.2) is 0 Å². The molecule has 0 radical (unpaired) electrons. The fourth-order valence-electron chi connectivity index (χ4n) is 2.53. The smallest absolute Gasteiger partial charge is 0.0802 e. The van der Waals surface area contributed by atoms with Crippen LogP contribution in [0.2, 0.25) is 5.02 Å². The molecule has 1 unspecified atom stereocenters. The summed E-state index contributed by atoms with van der Waals surface area (Å²) < 4.78 is 0. The third-order valence-corrected chi connectivity index (χ3v) is 4.11. The fraction of sp³-hybridized carbons (Fsp3) is 0.600. The first-order valence-electron chi connectivity index (χ1n) is 7.18. The molecular weight excluding hydrogens is 276 g/mol. The highest BCUT2D eigenvalue weighted by Gasteiger charge is 2.17. The molecule has 0 aliphatic carbocycles. The van der Waals surface area contributed by atoms with E-state index in [1.54, 1.807) is 0 Å². The molecule has 0 saturated carbocycles. The fourth-order valence-corrected chi connectivity index (χ4v) is 2.66. The molecule has 1 aromatic rings. The maximum atomic E-state index is 10.2. The zero-order chi connectivity index (χ0) is 14.4. The Hall–Kier alpha value is -0.650. The normalized spacial score (nSPS) is 19.1. The number of benzene rings is 1. The molecule has 0 aromatic heterocycles. The summed E-state index contributed by atoms with van der Waals surface area (Å²) in [6.07, 6.45) is 0.310. The van der Waals surface area contributed by atoms with Crippen LogP contribution >= 0.6 is 11.6 Å². The lowest BCUT2D eigenvalue weighted by Gasteiger charge is -2.34. The molecule has 112 valence electrons. The van der Waals surface area contributed by atoms with Crippen LogP contribution < -0.4 is 0 Å². The van der Waals surface area contributed by atoms with Gasteiger partial charge in [-0.15, -0.1) is 0 Å². The molecule has 0 amide bonds. The van der Waals surface area contributed by atoms with Crippen LogP contribution in [0.25, 0.3) is 0 Å². The van der Waals surface area contributed by atoms with Crippen LogP contribution in [0.1, 0.15) is 18.1 Å². The van der Waals surface area contributed by atoms with Crippen molar-refractivity contribution in [3.63, 3.8) is 0 Å². The third-order valence-electron chi connectivity index (χ3n) is 3.85. The predicted molar refractivity (Wildman–Crippen MR) is 81.0 cm³/mol. The molecule has 1 fully saturated rings. The highest BCUT2D eigenvalue weighted by molar-refractivity contribution is 6.30. The molecule has 0 spiro atoms. The lowest BCUT2D eigenvalue weighted by atomic mass is 10.1. The summed E-state index contributed by atoms with van der Waals surface area (Å²) in [5.74, 6) is 0. The lowest BCUT2D eigenvalue weighted by molar-refractivity contribution is 0.0924. The van der Waals surface area contributed by atoms with Crippen LogP contribution in [0.3, 0.4) is 0 Å². The van der Waals surface area contributed by atoms with Gasteiger partial charge in [0.05, 0.1) is 12.7 Å². The minimum atomic E-state index is -0.428. The topological polar surface area (TPSA) is 46.9 Å². The summed E-state index contributed by atoms with van der Waals surface area (Å²) in [4.78, 5) is 4.64. The van der Waals surface area contributed by atoms with E-state index in [0.29, 0.717) is 5.02 Å². The van der Waals surface area contributed by atoms with E-state index in [0.717, 1.165) is 51.3 Å². The first-order valence-corrected chi connectivity index (χ1v) is 7.56. The number of rotatable bonds is 6. The Kier molecular flexibility index (Phi) is 6.26. The van der Waals surface area contributed by atoms with Crippen LogP contribution in [0.4, 0.5) is 0 Å². The number of aliphatic hydroxyl groups excluding tert-OH is 2. The van der Waals surface area contributed by atoms with Gasteiger partial charge in [-0.3, -0.25) is 4.90 Å². The Morgan fingerprint density at radius 1 is 1.00 bits per heavy atom. The predicted octanol–water partition coefficient (Wildman–Crippen LogP) is 1.37. The maximum absolute atomic E-state index is 10.2. The molecule has 1 heterocycles. The number of aliphatic hydroxyl groups is 2. The van der Waals surface area contributed by atoms with E-state index < -0.39 is 6.10 Å². The summed E-state index contributed by atoms with van der Waals surface area (Å²) in [7, 11) is 0. The largest absolute Gasteiger partial charge is 0.395 e. The van der Waals surface area contributed by atoms with Crippen molar-refractivity contribution in [2.45, 2.75) is 12.5 Å². The first-order chi connectivity index (χ1) is 9.69. The molecule has 2 rings (SSSR count). The second-order valence-corrected chi connectivity index (χ2v) is 5.70. The molecule has 5 heteroatoms. The minimum absolute atomic E-state index is 0.231. The van der Waals surface area contributed by atoms with Crippen LogP contribution in [-0.2, 0) is 0 Å². The number of piperazine rings is 1. The number of hydrogen-bond donors (Lipinski definition) is 2. The van der Waals surface area contributed by atoms with Crippen molar-refractivity contribution in [3.05, 3.63) is 34.9 Å². The molecular formula is C15H23ClN2O2. The Morgan fingerprint density at radius 3 is 2.10 bits per heavy atom. The van der Waals surface area contributed by atoms with Crippen LogP contribution in [0.5, 0.6) is 0 Å². The van der Waals surface area contributed by atoms with Gasteiger partial charge in [0, 0.05) is 44.3 Å². The number of halogens is 1. The summed E-state index contributed by atoms with van der Waals surface area (Å²) in [6, 6.07) is 7.39. The molecule has 4 nitrogen and oxygen atoms in total. The molecule has 1 saturated heterocycles. The molecule has 1 atom stereocenters. The van der Waals surface area contributed by atoms with Gasteiger partial charge in [-0.05, 0) is 24.1 Å². The third kappa shape index (κ3) is 4.72. The van der Waals surface area contributed by atoms with Gasteiger partial charge in [0.25, 0.3) is 0 Å². The van der Waals surface area contributed by atoms with Crippen LogP contribution in [-0.4, -0.2) is 65.9 Å². The SMILES string of the molecule is OCCN1CCN(CCC(O)c2ccc(Cl)cc2)CC1.